The van der Waals surface area contributed by atoms with Gasteiger partial charge in [0.2, 0.25) is 5.89 Å². The Morgan fingerprint density at radius 3 is 3.04 bits per heavy atom. The lowest BCUT2D eigenvalue weighted by molar-refractivity contribution is 0.102. The van der Waals surface area contributed by atoms with E-state index in [0.717, 1.165) is 12.1 Å². The van der Waals surface area contributed by atoms with E-state index in [4.69, 9.17) is 4.42 Å². The molecular weight excluding hydrogens is 337 g/mol. The van der Waals surface area contributed by atoms with Crippen LogP contribution in [0.4, 0.5) is 10.1 Å². The lowest BCUT2D eigenvalue weighted by atomic mass is 9.99. The number of halogens is 1. The molecule has 134 valence electrons. The van der Waals surface area contributed by atoms with Crippen LogP contribution in [0.25, 0.3) is 11.5 Å². The summed E-state index contributed by atoms with van der Waals surface area (Å²) in [5.41, 5.74) is 2.52. The van der Waals surface area contributed by atoms with E-state index in [0.29, 0.717) is 35.7 Å². The summed E-state index contributed by atoms with van der Waals surface area (Å²) in [5, 5.41) is 9.87. The monoisotopic (exact) mass is 355 g/mol. The number of carbonyl (C=O) groups is 1. The highest BCUT2D eigenvalue weighted by Gasteiger charge is 2.22. The number of oxazole rings is 1. The summed E-state index contributed by atoms with van der Waals surface area (Å²) in [5.74, 6) is -0.221. The first kappa shape index (κ1) is 16.5. The van der Waals surface area contributed by atoms with Crippen molar-refractivity contribution < 1.29 is 13.6 Å². The normalized spacial score (nSPS) is 13.5. The molecule has 0 fully saturated rings. The van der Waals surface area contributed by atoms with Gasteiger partial charge in [0.1, 0.15) is 11.6 Å². The Labute approximate surface area is 149 Å². The highest BCUT2D eigenvalue weighted by atomic mass is 19.1. The summed E-state index contributed by atoms with van der Waals surface area (Å²) < 4.78 is 21.9. The van der Waals surface area contributed by atoms with E-state index in [1.54, 1.807) is 37.1 Å². The molecule has 7 nitrogen and oxygen atoms in total. The quantitative estimate of drug-likeness (QED) is 0.754. The van der Waals surface area contributed by atoms with Gasteiger partial charge in [0.25, 0.3) is 5.91 Å². The van der Waals surface area contributed by atoms with Gasteiger partial charge < -0.3 is 15.1 Å². The number of carbonyl (C=O) groups excluding carboxylic acids is 1. The number of fused-ring (bicyclic) bond motifs is 1. The minimum atomic E-state index is -0.505. The van der Waals surface area contributed by atoms with E-state index in [-0.39, 0.29) is 17.2 Å². The molecule has 8 heteroatoms. The van der Waals surface area contributed by atoms with Gasteiger partial charge in [-0.2, -0.15) is 5.10 Å². The van der Waals surface area contributed by atoms with Crippen LogP contribution >= 0.6 is 0 Å². The lowest BCUT2D eigenvalue weighted by Gasteiger charge is -2.19. The zero-order valence-corrected chi connectivity index (χ0v) is 14.5. The molecule has 1 aliphatic heterocycles. The van der Waals surface area contributed by atoms with Crippen molar-refractivity contribution in [3.63, 3.8) is 0 Å². The number of benzene rings is 1. The maximum atomic E-state index is 14.7. The number of hydrogen-bond acceptors (Lipinski definition) is 5. The first-order valence-corrected chi connectivity index (χ1v) is 8.31. The van der Waals surface area contributed by atoms with E-state index in [9.17, 15) is 9.18 Å². The summed E-state index contributed by atoms with van der Waals surface area (Å²) in [6.07, 6.45) is 3.94. The van der Waals surface area contributed by atoms with E-state index >= 15 is 0 Å². The van der Waals surface area contributed by atoms with Crippen molar-refractivity contribution in [3.05, 3.63) is 52.9 Å². The molecule has 0 radical (unpaired) electrons. The minimum absolute atomic E-state index is 0.127. The molecule has 3 heterocycles. The van der Waals surface area contributed by atoms with E-state index in [1.165, 1.54) is 0 Å². The topological polar surface area (TPSA) is 85.0 Å². The molecule has 0 saturated heterocycles. The summed E-state index contributed by atoms with van der Waals surface area (Å²) >= 11 is 0. The van der Waals surface area contributed by atoms with Crippen LogP contribution in [0.1, 0.15) is 27.4 Å². The summed E-state index contributed by atoms with van der Waals surface area (Å²) in [4.78, 5) is 16.8. The summed E-state index contributed by atoms with van der Waals surface area (Å²) in [7, 11) is 1.78. The number of anilines is 1. The predicted molar refractivity (Wildman–Crippen MR) is 93.2 cm³/mol. The molecule has 1 amide bonds. The number of amides is 1. The molecule has 1 aliphatic rings. The molecule has 0 atom stereocenters. The Bertz CT molecular complexity index is 992. The number of nitrogens with one attached hydrogen (secondary N) is 2. The second kappa shape index (κ2) is 6.38. The summed E-state index contributed by atoms with van der Waals surface area (Å²) in [6, 6.07) is 3.41. The molecule has 0 saturated carbocycles. The average molecular weight is 355 g/mol. The number of hydrogen-bond donors (Lipinski definition) is 2. The van der Waals surface area contributed by atoms with Crippen LogP contribution < -0.4 is 10.6 Å². The van der Waals surface area contributed by atoms with Gasteiger partial charge in [-0.25, -0.2) is 9.37 Å². The molecule has 0 spiro atoms. The van der Waals surface area contributed by atoms with Gasteiger partial charge in [-0.05, 0) is 37.1 Å². The fraction of sp³-hybridized carbons (Fsp3) is 0.278. The number of nitrogens with zero attached hydrogens (tertiary/aromatic N) is 3. The molecule has 2 N–H and O–H groups in total. The van der Waals surface area contributed by atoms with Crippen LogP contribution in [-0.2, 0) is 20.0 Å². The van der Waals surface area contributed by atoms with E-state index in [1.807, 2.05) is 6.07 Å². The third-order valence-electron chi connectivity index (χ3n) is 4.42. The van der Waals surface area contributed by atoms with Crippen molar-refractivity contribution in [3.8, 4) is 11.5 Å². The maximum absolute atomic E-state index is 14.7. The van der Waals surface area contributed by atoms with Crippen LogP contribution in [0, 0.1) is 12.7 Å². The molecule has 26 heavy (non-hydrogen) atoms. The molecule has 2 aromatic heterocycles. The van der Waals surface area contributed by atoms with Gasteiger partial charge in [0, 0.05) is 19.8 Å². The van der Waals surface area contributed by atoms with Crippen LogP contribution in [-0.4, -0.2) is 27.2 Å². The Hall–Kier alpha value is -3.00. The molecule has 1 aromatic carbocycles. The fourth-order valence-electron chi connectivity index (χ4n) is 3.07. The maximum Gasteiger partial charge on any atom is 0.278 e. The van der Waals surface area contributed by atoms with E-state index in [2.05, 4.69) is 20.7 Å². The van der Waals surface area contributed by atoms with Gasteiger partial charge in [-0.1, -0.05) is 6.07 Å². The second-order valence-electron chi connectivity index (χ2n) is 6.27. The Morgan fingerprint density at radius 1 is 1.42 bits per heavy atom. The van der Waals surface area contributed by atoms with Crippen LogP contribution in [0.2, 0.25) is 0 Å². The van der Waals surface area contributed by atoms with E-state index < -0.39 is 5.91 Å². The van der Waals surface area contributed by atoms with Gasteiger partial charge >= 0.3 is 0 Å². The van der Waals surface area contributed by atoms with Crippen molar-refractivity contribution in [2.75, 3.05) is 11.9 Å². The third-order valence-corrected chi connectivity index (χ3v) is 4.42. The Morgan fingerprint density at radius 2 is 2.27 bits per heavy atom. The highest BCUT2D eigenvalue weighted by molar-refractivity contribution is 6.04. The van der Waals surface area contributed by atoms with Gasteiger partial charge in [-0.15, -0.1) is 0 Å². The van der Waals surface area contributed by atoms with Crippen molar-refractivity contribution in [1.82, 2.24) is 20.1 Å². The second-order valence-corrected chi connectivity index (χ2v) is 6.27. The largest absolute Gasteiger partial charge is 0.440 e. The molecule has 0 unspecified atom stereocenters. The Kier molecular flexibility index (Phi) is 4.04. The minimum Gasteiger partial charge on any atom is -0.440 e. The molecule has 3 aromatic rings. The molecule has 4 rings (SSSR count). The smallest absolute Gasteiger partial charge is 0.278 e. The van der Waals surface area contributed by atoms with Gasteiger partial charge in [-0.3, -0.25) is 9.48 Å². The van der Waals surface area contributed by atoms with Crippen LogP contribution in [0.15, 0.2) is 28.9 Å². The Balaban J connectivity index is 1.60. The van der Waals surface area contributed by atoms with Crippen molar-refractivity contribution >= 4 is 11.6 Å². The number of rotatable bonds is 3. The SMILES string of the molecule is Cc1oc(-c2cnn(C)c2)nc1C(=O)Nc1ccc2c(c1F)CCNC2. The standard InChI is InChI=1S/C18H18FN5O2/c1-10-16(23-18(26-10)12-8-21-24(2)9-12)17(25)22-14-4-3-11-7-20-6-5-13(11)15(14)19/h3-4,8-9,20H,5-7H2,1-2H3,(H,22,25). The number of aromatic nitrogens is 3. The van der Waals surface area contributed by atoms with Gasteiger partial charge in [0.15, 0.2) is 5.69 Å². The summed E-state index contributed by atoms with van der Waals surface area (Å²) in [6.45, 7) is 3.01. The first-order chi connectivity index (χ1) is 12.5. The number of aryl methyl sites for hydroxylation is 2. The van der Waals surface area contributed by atoms with Crippen molar-refractivity contribution in [2.45, 2.75) is 19.9 Å². The molecule has 0 bridgehead atoms. The zero-order chi connectivity index (χ0) is 18.3. The predicted octanol–water partition coefficient (Wildman–Crippen LogP) is 2.42. The van der Waals surface area contributed by atoms with Crippen LogP contribution in [0.5, 0.6) is 0 Å². The van der Waals surface area contributed by atoms with Crippen molar-refractivity contribution in [1.29, 1.82) is 0 Å². The van der Waals surface area contributed by atoms with Gasteiger partial charge in [0.05, 0.1) is 17.4 Å². The zero-order valence-electron chi connectivity index (χ0n) is 14.5. The third kappa shape index (κ3) is 2.88. The highest BCUT2D eigenvalue weighted by Crippen LogP contribution is 2.26. The molecule has 0 aliphatic carbocycles. The lowest BCUT2D eigenvalue weighted by Crippen LogP contribution is -2.25. The first-order valence-electron chi connectivity index (χ1n) is 8.31. The van der Waals surface area contributed by atoms with Crippen molar-refractivity contribution in [2.24, 2.45) is 7.05 Å². The fourth-order valence-corrected chi connectivity index (χ4v) is 3.07. The van der Waals surface area contributed by atoms with Crippen LogP contribution in [0.3, 0.4) is 0 Å². The molecular formula is C18H18FN5O2. The average Bonchev–Trinajstić information content (AvgIpc) is 3.23.